The van der Waals surface area contributed by atoms with E-state index in [1.807, 2.05) is 26.8 Å². The predicted molar refractivity (Wildman–Crippen MR) is 62.6 cm³/mol. The lowest BCUT2D eigenvalue weighted by Crippen LogP contribution is -2.29. The van der Waals surface area contributed by atoms with Crippen LogP contribution in [-0.4, -0.2) is 11.7 Å². The lowest BCUT2D eigenvalue weighted by Gasteiger charge is -2.18. The third kappa shape index (κ3) is 10.9. The molecule has 0 fully saturated rings. The van der Waals surface area contributed by atoms with E-state index in [0.29, 0.717) is 5.92 Å². The average molecular weight is 213 g/mol. The molecule has 0 radical (unpaired) electrons. The molecule has 0 unspecified atom stereocenters. The minimum Gasteiger partial charge on any atom is -0.444 e. The van der Waals surface area contributed by atoms with Crippen LogP contribution in [0.2, 0.25) is 0 Å². The molecular weight excluding hydrogens is 190 g/mol. The molecule has 3 heteroatoms. The molecular formula is C12H23NO2. The smallest absolute Gasteiger partial charge is 0.411 e. The van der Waals surface area contributed by atoms with E-state index in [0.717, 1.165) is 12.8 Å². The van der Waals surface area contributed by atoms with Crippen LogP contribution in [0.15, 0.2) is 12.3 Å². The second-order valence-electron chi connectivity index (χ2n) is 5.02. The molecule has 88 valence electrons. The molecule has 1 amide bonds. The Labute approximate surface area is 92.9 Å². The van der Waals surface area contributed by atoms with Gasteiger partial charge in [-0.25, -0.2) is 4.79 Å². The molecule has 0 saturated carbocycles. The summed E-state index contributed by atoms with van der Waals surface area (Å²) in [6.45, 7) is 9.88. The number of alkyl carbamates (subject to hydrolysis) is 1. The van der Waals surface area contributed by atoms with E-state index in [9.17, 15) is 4.79 Å². The van der Waals surface area contributed by atoms with Gasteiger partial charge in [-0.1, -0.05) is 19.9 Å². The number of hydrogen-bond acceptors (Lipinski definition) is 2. The molecule has 0 aliphatic rings. The summed E-state index contributed by atoms with van der Waals surface area (Å²) in [5.74, 6) is 0.691. The molecule has 0 saturated heterocycles. The Kier molecular flexibility index (Phi) is 6.06. The monoisotopic (exact) mass is 213 g/mol. The molecule has 0 rings (SSSR count). The topological polar surface area (TPSA) is 38.3 Å². The molecule has 3 nitrogen and oxygen atoms in total. The summed E-state index contributed by atoms with van der Waals surface area (Å²) in [5.41, 5.74) is -0.435. The van der Waals surface area contributed by atoms with E-state index in [1.165, 1.54) is 0 Å². The van der Waals surface area contributed by atoms with Crippen LogP contribution in [0.1, 0.15) is 47.5 Å². The average Bonchev–Trinajstić information content (AvgIpc) is 1.99. The number of allylic oxidation sites excluding steroid dienone is 1. The van der Waals surface area contributed by atoms with Gasteiger partial charge in [0.25, 0.3) is 0 Å². The summed E-state index contributed by atoms with van der Waals surface area (Å²) in [6.07, 6.45) is 5.31. The highest BCUT2D eigenvalue weighted by Gasteiger charge is 2.14. The van der Waals surface area contributed by atoms with Crippen LogP contribution < -0.4 is 5.32 Å². The first-order valence-electron chi connectivity index (χ1n) is 5.46. The highest BCUT2D eigenvalue weighted by atomic mass is 16.6. The van der Waals surface area contributed by atoms with Gasteiger partial charge in [0.1, 0.15) is 5.60 Å². The number of carbonyl (C=O) groups excluding carboxylic acids is 1. The van der Waals surface area contributed by atoms with Gasteiger partial charge in [0.05, 0.1) is 0 Å². The molecule has 0 aromatic rings. The van der Waals surface area contributed by atoms with E-state index < -0.39 is 11.7 Å². The Balaban J connectivity index is 3.63. The molecule has 0 aromatic carbocycles. The number of amides is 1. The van der Waals surface area contributed by atoms with Crippen molar-refractivity contribution in [2.24, 2.45) is 5.92 Å². The van der Waals surface area contributed by atoms with Crippen LogP contribution in [0.4, 0.5) is 4.79 Å². The predicted octanol–water partition coefficient (Wildman–Crippen LogP) is 3.46. The Morgan fingerprint density at radius 1 is 1.40 bits per heavy atom. The highest BCUT2D eigenvalue weighted by molar-refractivity contribution is 5.68. The Bertz CT molecular complexity index is 214. The third-order valence-corrected chi connectivity index (χ3v) is 1.63. The van der Waals surface area contributed by atoms with Crippen LogP contribution in [0.3, 0.4) is 0 Å². The van der Waals surface area contributed by atoms with Gasteiger partial charge in [-0.2, -0.15) is 0 Å². The van der Waals surface area contributed by atoms with Crippen molar-refractivity contribution in [1.29, 1.82) is 0 Å². The zero-order chi connectivity index (χ0) is 11.9. The lowest BCUT2D eigenvalue weighted by atomic mass is 10.1. The van der Waals surface area contributed by atoms with Crippen molar-refractivity contribution >= 4 is 6.09 Å². The van der Waals surface area contributed by atoms with Crippen molar-refractivity contribution in [2.75, 3.05) is 0 Å². The van der Waals surface area contributed by atoms with Crippen LogP contribution in [0.5, 0.6) is 0 Å². The first-order chi connectivity index (χ1) is 6.81. The first kappa shape index (κ1) is 14.0. The van der Waals surface area contributed by atoms with Gasteiger partial charge in [0, 0.05) is 6.20 Å². The number of rotatable bonds is 4. The Morgan fingerprint density at radius 2 is 2.00 bits per heavy atom. The van der Waals surface area contributed by atoms with Gasteiger partial charge < -0.3 is 4.74 Å². The zero-order valence-electron chi connectivity index (χ0n) is 10.5. The molecule has 0 aliphatic carbocycles. The number of carbonyl (C=O) groups is 1. The molecule has 0 spiro atoms. The van der Waals surface area contributed by atoms with E-state index in [1.54, 1.807) is 6.20 Å². The van der Waals surface area contributed by atoms with Crippen molar-refractivity contribution in [2.45, 2.75) is 53.1 Å². The minimum absolute atomic E-state index is 0.400. The number of nitrogens with one attached hydrogen (secondary N) is 1. The molecule has 15 heavy (non-hydrogen) atoms. The Morgan fingerprint density at radius 3 is 2.47 bits per heavy atom. The van der Waals surface area contributed by atoms with E-state index in [2.05, 4.69) is 19.2 Å². The van der Waals surface area contributed by atoms with E-state index >= 15 is 0 Å². The molecule has 0 aliphatic heterocycles. The maximum atomic E-state index is 11.2. The van der Waals surface area contributed by atoms with Crippen molar-refractivity contribution in [1.82, 2.24) is 5.32 Å². The maximum Gasteiger partial charge on any atom is 0.411 e. The largest absolute Gasteiger partial charge is 0.444 e. The normalized spacial score (nSPS) is 12.1. The maximum absolute atomic E-state index is 11.2. The van der Waals surface area contributed by atoms with Crippen molar-refractivity contribution in [3.63, 3.8) is 0 Å². The van der Waals surface area contributed by atoms with Crippen LogP contribution in [-0.2, 0) is 4.74 Å². The second kappa shape index (κ2) is 6.49. The summed E-state index contributed by atoms with van der Waals surface area (Å²) < 4.78 is 5.06. The summed E-state index contributed by atoms with van der Waals surface area (Å²) in [7, 11) is 0. The van der Waals surface area contributed by atoms with Gasteiger partial charge in [-0.05, 0) is 39.5 Å². The Hall–Kier alpha value is -0.990. The van der Waals surface area contributed by atoms with Gasteiger partial charge in [-0.3, -0.25) is 5.32 Å². The van der Waals surface area contributed by atoms with Gasteiger partial charge in [-0.15, -0.1) is 0 Å². The SMILES string of the molecule is CC(C)CCC=CNC(=O)OC(C)(C)C. The van der Waals surface area contributed by atoms with Crippen molar-refractivity contribution in [3.05, 3.63) is 12.3 Å². The van der Waals surface area contributed by atoms with Gasteiger partial charge in [0.15, 0.2) is 0 Å². The van der Waals surface area contributed by atoms with Gasteiger partial charge >= 0.3 is 6.09 Å². The summed E-state index contributed by atoms with van der Waals surface area (Å²) in [4.78, 5) is 11.2. The van der Waals surface area contributed by atoms with Crippen LogP contribution in [0.25, 0.3) is 0 Å². The van der Waals surface area contributed by atoms with Crippen LogP contribution in [0, 0.1) is 5.92 Å². The quantitative estimate of drug-likeness (QED) is 0.776. The fourth-order valence-corrected chi connectivity index (χ4v) is 0.947. The van der Waals surface area contributed by atoms with Gasteiger partial charge in [0.2, 0.25) is 0 Å². The number of ether oxygens (including phenoxy) is 1. The van der Waals surface area contributed by atoms with E-state index in [4.69, 9.17) is 4.74 Å². The summed E-state index contributed by atoms with van der Waals surface area (Å²) >= 11 is 0. The van der Waals surface area contributed by atoms with Crippen molar-refractivity contribution in [3.8, 4) is 0 Å². The molecule has 1 N–H and O–H groups in total. The lowest BCUT2D eigenvalue weighted by molar-refractivity contribution is 0.0552. The molecule has 0 heterocycles. The third-order valence-electron chi connectivity index (χ3n) is 1.63. The minimum atomic E-state index is -0.435. The molecule has 0 bridgehead atoms. The van der Waals surface area contributed by atoms with Crippen molar-refractivity contribution < 1.29 is 9.53 Å². The second-order valence-corrected chi connectivity index (χ2v) is 5.02. The highest BCUT2D eigenvalue weighted by Crippen LogP contribution is 2.06. The number of hydrogen-bond donors (Lipinski definition) is 1. The fraction of sp³-hybridized carbons (Fsp3) is 0.750. The molecule has 0 atom stereocenters. The summed E-state index contributed by atoms with van der Waals surface area (Å²) in [5, 5.41) is 2.57. The fourth-order valence-electron chi connectivity index (χ4n) is 0.947. The first-order valence-corrected chi connectivity index (χ1v) is 5.46. The zero-order valence-corrected chi connectivity index (χ0v) is 10.5. The van der Waals surface area contributed by atoms with Crippen LogP contribution >= 0.6 is 0 Å². The van der Waals surface area contributed by atoms with E-state index in [-0.39, 0.29) is 0 Å². The molecule has 0 aromatic heterocycles. The standard InChI is InChI=1S/C12H23NO2/c1-10(2)8-6-7-9-13-11(14)15-12(3,4)5/h7,9-10H,6,8H2,1-5H3,(H,13,14). The summed E-state index contributed by atoms with van der Waals surface area (Å²) in [6, 6.07) is 0.